The molecule has 0 spiro atoms. The molecule has 0 saturated carbocycles. The molecule has 1 aromatic heterocycles. The highest BCUT2D eigenvalue weighted by molar-refractivity contribution is 7.98. The fourth-order valence-electron chi connectivity index (χ4n) is 1.14. The molecular weight excluding hydrogens is 270 g/mol. The van der Waals surface area contributed by atoms with Crippen LogP contribution in [0.1, 0.15) is 5.56 Å². The van der Waals surface area contributed by atoms with E-state index >= 15 is 0 Å². The number of thioether (sulfide) groups is 1. The summed E-state index contributed by atoms with van der Waals surface area (Å²) in [7, 11) is 0. The molecule has 0 fully saturated rings. The summed E-state index contributed by atoms with van der Waals surface area (Å²) in [5.74, 6) is -0.326. The molecule has 6 N–H and O–H groups in total. The number of carbonyl (C=O) groups is 2. The van der Waals surface area contributed by atoms with Crippen LogP contribution < -0.4 is 16.8 Å². The normalized spacial score (nSPS) is 11.8. The van der Waals surface area contributed by atoms with E-state index in [4.69, 9.17) is 16.6 Å². The molecule has 104 valence electrons. The number of nitrogens with one attached hydrogen (secondary N) is 1. The van der Waals surface area contributed by atoms with Crippen LogP contribution in [0.5, 0.6) is 0 Å². The molecule has 1 unspecified atom stereocenters. The van der Waals surface area contributed by atoms with Crippen molar-refractivity contribution in [1.82, 2.24) is 15.3 Å². The number of nitrogen functional groups attached to an aromatic ring is 1. The van der Waals surface area contributed by atoms with Crippen LogP contribution >= 0.6 is 11.8 Å². The molecule has 0 aromatic carbocycles. The number of rotatable bonds is 7. The number of hydrogen-bond acceptors (Lipinski definition) is 7. The van der Waals surface area contributed by atoms with E-state index in [9.17, 15) is 9.59 Å². The second-order valence-electron chi connectivity index (χ2n) is 3.67. The number of aliphatic carboxylic acids is 1. The third kappa shape index (κ3) is 5.53. The van der Waals surface area contributed by atoms with Gasteiger partial charge in [-0.15, -0.1) is 0 Å². The number of nitrogens with zero attached hydrogens (tertiary/aromatic N) is 2. The highest BCUT2D eigenvalue weighted by Crippen LogP contribution is 2.15. The Bertz CT molecular complexity index is 457. The van der Waals surface area contributed by atoms with Crippen LogP contribution in [-0.2, 0) is 15.3 Å². The molecule has 0 bridgehead atoms. The maximum atomic E-state index is 11.4. The Kier molecular flexibility index (Phi) is 6.03. The minimum atomic E-state index is -1.11. The van der Waals surface area contributed by atoms with Crippen LogP contribution in [-0.4, -0.2) is 45.3 Å². The molecule has 0 aliphatic rings. The van der Waals surface area contributed by atoms with Crippen molar-refractivity contribution in [1.29, 1.82) is 0 Å². The largest absolute Gasteiger partial charge is 0.480 e. The Labute approximate surface area is 114 Å². The molecule has 0 radical (unpaired) electrons. The Morgan fingerprint density at radius 2 is 2.26 bits per heavy atom. The van der Waals surface area contributed by atoms with Crippen molar-refractivity contribution in [2.24, 2.45) is 5.73 Å². The second-order valence-corrected chi connectivity index (χ2v) is 4.70. The maximum Gasteiger partial charge on any atom is 0.322 e. The number of aromatic nitrogens is 2. The van der Waals surface area contributed by atoms with Gasteiger partial charge in [0.2, 0.25) is 5.91 Å². The van der Waals surface area contributed by atoms with Gasteiger partial charge in [0.25, 0.3) is 0 Å². The van der Waals surface area contributed by atoms with Gasteiger partial charge in [0.15, 0.2) is 0 Å². The van der Waals surface area contributed by atoms with Crippen LogP contribution in [0.25, 0.3) is 0 Å². The lowest BCUT2D eigenvalue weighted by Gasteiger charge is -2.11. The standard InChI is InChI=1S/C10H15N5O3S/c11-7(10(18)14-2-8(16)17)4-19-3-6-1-13-5-15-9(6)12/h1,5,7H,2-4,11H2,(H,14,18)(H,16,17)(H2,12,13,15). The number of carboxylic acid groups (broad SMARTS) is 1. The molecule has 9 heteroatoms. The first-order valence-electron chi connectivity index (χ1n) is 5.38. The summed E-state index contributed by atoms with van der Waals surface area (Å²) in [6, 6.07) is -0.768. The van der Waals surface area contributed by atoms with Crippen LogP contribution in [0.2, 0.25) is 0 Å². The van der Waals surface area contributed by atoms with Crippen LogP contribution in [0.3, 0.4) is 0 Å². The zero-order chi connectivity index (χ0) is 14.3. The van der Waals surface area contributed by atoms with Crippen molar-refractivity contribution in [3.63, 3.8) is 0 Å². The Morgan fingerprint density at radius 3 is 2.89 bits per heavy atom. The predicted molar refractivity (Wildman–Crippen MR) is 71.2 cm³/mol. The third-order valence-corrected chi connectivity index (χ3v) is 3.24. The third-order valence-electron chi connectivity index (χ3n) is 2.13. The van der Waals surface area contributed by atoms with E-state index in [0.717, 1.165) is 5.56 Å². The Balaban J connectivity index is 2.30. The van der Waals surface area contributed by atoms with Gasteiger partial charge in [0.1, 0.15) is 18.7 Å². The topological polar surface area (TPSA) is 144 Å². The molecule has 1 heterocycles. The van der Waals surface area contributed by atoms with Crippen LogP contribution in [0.15, 0.2) is 12.5 Å². The number of carbonyl (C=O) groups excluding carboxylic acids is 1. The molecule has 1 aromatic rings. The molecule has 1 rings (SSSR count). The van der Waals surface area contributed by atoms with Gasteiger partial charge in [-0.05, 0) is 0 Å². The van der Waals surface area contributed by atoms with E-state index in [1.165, 1.54) is 18.1 Å². The lowest BCUT2D eigenvalue weighted by Crippen LogP contribution is -2.44. The SMILES string of the molecule is Nc1ncncc1CSCC(N)C(=O)NCC(=O)O. The summed E-state index contributed by atoms with van der Waals surface area (Å²) in [4.78, 5) is 29.4. The summed E-state index contributed by atoms with van der Waals surface area (Å²) in [5, 5.41) is 10.6. The van der Waals surface area contributed by atoms with Crippen LogP contribution in [0.4, 0.5) is 5.82 Å². The van der Waals surface area contributed by atoms with Gasteiger partial charge < -0.3 is 21.9 Å². The molecular formula is C10H15N5O3S. The average molecular weight is 285 g/mol. The highest BCUT2D eigenvalue weighted by atomic mass is 32.2. The van der Waals surface area contributed by atoms with Crippen molar-refractivity contribution < 1.29 is 14.7 Å². The first-order chi connectivity index (χ1) is 9.00. The number of nitrogens with two attached hydrogens (primary N) is 2. The highest BCUT2D eigenvalue weighted by Gasteiger charge is 2.14. The minimum Gasteiger partial charge on any atom is -0.480 e. The van der Waals surface area contributed by atoms with E-state index in [1.807, 2.05) is 0 Å². The molecule has 1 atom stereocenters. The lowest BCUT2D eigenvalue weighted by atomic mass is 10.3. The Morgan fingerprint density at radius 1 is 1.53 bits per heavy atom. The first-order valence-corrected chi connectivity index (χ1v) is 6.53. The van der Waals surface area contributed by atoms with Crippen molar-refractivity contribution in [3.8, 4) is 0 Å². The van der Waals surface area contributed by atoms with Gasteiger partial charge in [-0.3, -0.25) is 9.59 Å². The lowest BCUT2D eigenvalue weighted by molar-refractivity contribution is -0.138. The van der Waals surface area contributed by atoms with E-state index in [0.29, 0.717) is 17.3 Å². The van der Waals surface area contributed by atoms with Crippen LogP contribution in [0, 0.1) is 0 Å². The van der Waals surface area contributed by atoms with Crippen molar-refractivity contribution in [3.05, 3.63) is 18.1 Å². The molecule has 19 heavy (non-hydrogen) atoms. The monoisotopic (exact) mass is 285 g/mol. The molecule has 8 nitrogen and oxygen atoms in total. The van der Waals surface area contributed by atoms with Crippen molar-refractivity contribution in [2.45, 2.75) is 11.8 Å². The molecule has 0 aliphatic carbocycles. The predicted octanol–water partition coefficient (Wildman–Crippen LogP) is -1.18. The fourth-order valence-corrected chi connectivity index (χ4v) is 2.11. The number of carboxylic acids is 1. The maximum absolute atomic E-state index is 11.4. The minimum absolute atomic E-state index is 0.347. The first kappa shape index (κ1) is 15.2. The molecule has 0 saturated heterocycles. The van der Waals surface area contributed by atoms with Gasteiger partial charge in [0, 0.05) is 23.3 Å². The summed E-state index contributed by atoms with van der Waals surface area (Å²) in [6.45, 7) is -0.434. The molecule has 1 amide bonds. The second kappa shape index (κ2) is 7.54. The zero-order valence-corrected chi connectivity index (χ0v) is 10.9. The smallest absolute Gasteiger partial charge is 0.322 e. The van der Waals surface area contributed by atoms with Gasteiger partial charge >= 0.3 is 5.97 Å². The van der Waals surface area contributed by atoms with Gasteiger partial charge in [-0.1, -0.05) is 0 Å². The van der Waals surface area contributed by atoms with E-state index in [2.05, 4.69) is 15.3 Å². The van der Waals surface area contributed by atoms with E-state index in [-0.39, 0.29) is 0 Å². The van der Waals surface area contributed by atoms with E-state index in [1.54, 1.807) is 6.20 Å². The summed E-state index contributed by atoms with van der Waals surface area (Å²) in [6.07, 6.45) is 2.96. The fraction of sp³-hybridized carbons (Fsp3) is 0.400. The Hall–Kier alpha value is -1.87. The number of amides is 1. The van der Waals surface area contributed by atoms with Crippen molar-refractivity contribution >= 4 is 29.5 Å². The zero-order valence-electron chi connectivity index (χ0n) is 10.1. The summed E-state index contributed by atoms with van der Waals surface area (Å²) >= 11 is 1.40. The quantitative estimate of drug-likeness (QED) is 0.490. The van der Waals surface area contributed by atoms with Crippen molar-refractivity contribution in [2.75, 3.05) is 18.0 Å². The summed E-state index contributed by atoms with van der Waals surface area (Å²) in [5.41, 5.74) is 12.0. The molecule has 0 aliphatic heterocycles. The van der Waals surface area contributed by atoms with Gasteiger partial charge in [-0.25, -0.2) is 9.97 Å². The number of anilines is 1. The number of hydrogen-bond donors (Lipinski definition) is 4. The van der Waals surface area contributed by atoms with E-state index < -0.39 is 24.5 Å². The van der Waals surface area contributed by atoms with Gasteiger partial charge in [-0.2, -0.15) is 11.8 Å². The summed E-state index contributed by atoms with van der Waals surface area (Å²) < 4.78 is 0. The van der Waals surface area contributed by atoms with Gasteiger partial charge in [0.05, 0.1) is 6.04 Å². The average Bonchev–Trinajstić information content (AvgIpc) is 2.38.